The van der Waals surface area contributed by atoms with Crippen LogP contribution in [0.1, 0.15) is 53.0 Å². The maximum absolute atomic E-state index is 13.2. The summed E-state index contributed by atoms with van der Waals surface area (Å²) in [5, 5.41) is 6.87. The van der Waals surface area contributed by atoms with Crippen molar-refractivity contribution < 1.29 is 13.6 Å². The lowest BCUT2D eigenvalue weighted by Crippen LogP contribution is -2.22. The molecule has 1 heterocycles. The summed E-state index contributed by atoms with van der Waals surface area (Å²) in [7, 11) is 0. The van der Waals surface area contributed by atoms with Gasteiger partial charge in [0.15, 0.2) is 5.13 Å². The van der Waals surface area contributed by atoms with Gasteiger partial charge in [0.05, 0.1) is 5.69 Å². The van der Waals surface area contributed by atoms with E-state index in [2.05, 4.69) is 15.6 Å². The van der Waals surface area contributed by atoms with Crippen LogP contribution < -0.4 is 10.6 Å². The van der Waals surface area contributed by atoms with Crippen molar-refractivity contribution in [1.82, 2.24) is 10.3 Å². The predicted molar refractivity (Wildman–Crippen MR) is 94.9 cm³/mol. The van der Waals surface area contributed by atoms with E-state index in [-0.39, 0.29) is 12.5 Å². The Morgan fingerprint density at radius 1 is 1.20 bits per heavy atom. The molecule has 0 aliphatic heterocycles. The van der Waals surface area contributed by atoms with Crippen LogP contribution in [-0.2, 0) is 6.54 Å². The van der Waals surface area contributed by atoms with Crippen LogP contribution in [0, 0.1) is 18.6 Å². The van der Waals surface area contributed by atoms with Crippen molar-refractivity contribution in [2.45, 2.75) is 51.6 Å². The van der Waals surface area contributed by atoms with Crippen LogP contribution in [0.3, 0.4) is 0 Å². The van der Waals surface area contributed by atoms with Crippen LogP contribution in [-0.4, -0.2) is 16.9 Å². The molecule has 0 spiro atoms. The van der Waals surface area contributed by atoms with Crippen molar-refractivity contribution in [3.05, 3.63) is 46.0 Å². The van der Waals surface area contributed by atoms with Gasteiger partial charge in [-0.25, -0.2) is 13.8 Å². The smallest absolute Gasteiger partial charge is 0.263 e. The van der Waals surface area contributed by atoms with Crippen LogP contribution in [0.5, 0.6) is 0 Å². The molecular formula is C18H21F2N3OS. The van der Waals surface area contributed by atoms with E-state index in [9.17, 15) is 13.6 Å². The second-order valence-corrected chi connectivity index (χ2v) is 7.37. The van der Waals surface area contributed by atoms with Gasteiger partial charge in [0.25, 0.3) is 5.91 Å². The lowest BCUT2D eigenvalue weighted by molar-refractivity contribution is 0.0954. The number of carbonyl (C=O) groups is 1. The summed E-state index contributed by atoms with van der Waals surface area (Å²) in [5.41, 5.74) is 1.04. The third kappa shape index (κ3) is 4.75. The van der Waals surface area contributed by atoms with Crippen LogP contribution >= 0.6 is 11.3 Å². The molecule has 0 bridgehead atoms. The van der Waals surface area contributed by atoms with Gasteiger partial charge in [-0.2, -0.15) is 0 Å². The number of rotatable bonds is 5. The molecule has 4 nitrogen and oxygen atoms in total. The van der Waals surface area contributed by atoms with Crippen molar-refractivity contribution in [2.24, 2.45) is 0 Å². The molecule has 1 saturated carbocycles. The average molecular weight is 365 g/mol. The molecule has 2 aromatic rings. The maximum Gasteiger partial charge on any atom is 0.263 e. The fraction of sp³-hybridized carbons (Fsp3) is 0.444. The topological polar surface area (TPSA) is 54.0 Å². The largest absolute Gasteiger partial charge is 0.359 e. The van der Waals surface area contributed by atoms with Gasteiger partial charge >= 0.3 is 0 Å². The lowest BCUT2D eigenvalue weighted by atomic mass is 9.96. The molecular weight excluding hydrogens is 344 g/mol. The highest BCUT2D eigenvalue weighted by Gasteiger charge is 2.19. The van der Waals surface area contributed by atoms with Crippen molar-refractivity contribution in [1.29, 1.82) is 0 Å². The highest BCUT2D eigenvalue weighted by atomic mass is 32.1. The monoisotopic (exact) mass is 365 g/mol. The predicted octanol–water partition coefficient (Wildman–Crippen LogP) is 4.40. The summed E-state index contributed by atoms with van der Waals surface area (Å²) < 4.78 is 26.4. The molecule has 3 rings (SSSR count). The molecule has 1 aromatic heterocycles. The average Bonchev–Trinajstić information content (AvgIpc) is 2.93. The molecule has 1 fully saturated rings. The highest BCUT2D eigenvalue weighted by Crippen LogP contribution is 2.27. The summed E-state index contributed by atoms with van der Waals surface area (Å²) in [4.78, 5) is 17.3. The van der Waals surface area contributed by atoms with Crippen LogP contribution in [0.2, 0.25) is 0 Å². The van der Waals surface area contributed by atoms with E-state index in [4.69, 9.17) is 0 Å². The highest BCUT2D eigenvalue weighted by molar-refractivity contribution is 7.17. The summed E-state index contributed by atoms with van der Waals surface area (Å²) >= 11 is 1.32. The minimum absolute atomic E-state index is 0.0657. The quantitative estimate of drug-likeness (QED) is 0.825. The number of anilines is 1. The zero-order chi connectivity index (χ0) is 17.8. The van der Waals surface area contributed by atoms with Gasteiger partial charge in [-0.05, 0) is 37.5 Å². The number of aryl methyl sites for hydroxylation is 1. The zero-order valence-corrected chi connectivity index (χ0v) is 14.9. The Bertz CT molecular complexity index is 737. The van der Waals surface area contributed by atoms with Gasteiger partial charge in [0.2, 0.25) is 0 Å². The van der Waals surface area contributed by atoms with Crippen molar-refractivity contribution in [2.75, 3.05) is 5.32 Å². The van der Waals surface area contributed by atoms with Crippen molar-refractivity contribution in [3.63, 3.8) is 0 Å². The SMILES string of the molecule is Cc1nc(NC2CCCCC2)sc1C(=O)NCc1cc(F)cc(F)c1. The maximum atomic E-state index is 13.2. The third-order valence-corrected chi connectivity index (χ3v) is 5.40. The van der Waals surface area contributed by atoms with Gasteiger partial charge in [-0.3, -0.25) is 4.79 Å². The summed E-state index contributed by atoms with van der Waals surface area (Å²) in [5.74, 6) is -1.59. The second kappa shape index (κ2) is 7.91. The standard InChI is InChI=1S/C18H21F2N3OS/c1-11-16(25-18(22-11)23-15-5-3-2-4-6-15)17(24)21-10-12-7-13(19)9-14(20)8-12/h7-9,15H,2-6,10H2,1H3,(H,21,24)(H,22,23). The molecule has 0 saturated heterocycles. The third-order valence-electron chi connectivity index (χ3n) is 4.31. The Morgan fingerprint density at radius 2 is 1.88 bits per heavy atom. The molecule has 25 heavy (non-hydrogen) atoms. The number of thiazole rings is 1. The number of hydrogen-bond donors (Lipinski definition) is 2. The molecule has 0 unspecified atom stereocenters. The number of carbonyl (C=O) groups excluding carboxylic acids is 1. The molecule has 1 aromatic carbocycles. The number of benzene rings is 1. The summed E-state index contributed by atoms with van der Waals surface area (Å²) in [6.45, 7) is 1.86. The number of nitrogens with zero attached hydrogens (tertiary/aromatic N) is 1. The molecule has 1 aliphatic rings. The second-order valence-electron chi connectivity index (χ2n) is 6.37. The molecule has 1 aliphatic carbocycles. The van der Waals surface area contributed by atoms with Gasteiger partial charge in [-0.15, -0.1) is 0 Å². The van der Waals surface area contributed by atoms with E-state index in [0.717, 1.165) is 24.0 Å². The number of amides is 1. The number of halogens is 2. The molecule has 2 N–H and O–H groups in total. The van der Waals surface area contributed by atoms with E-state index < -0.39 is 11.6 Å². The molecule has 1 amide bonds. The minimum Gasteiger partial charge on any atom is -0.359 e. The first-order valence-corrected chi connectivity index (χ1v) is 9.30. The first-order chi connectivity index (χ1) is 12.0. The lowest BCUT2D eigenvalue weighted by Gasteiger charge is -2.22. The fourth-order valence-corrected chi connectivity index (χ4v) is 4.03. The minimum atomic E-state index is -0.655. The van der Waals surface area contributed by atoms with Crippen LogP contribution in [0.4, 0.5) is 13.9 Å². The molecule has 0 radical (unpaired) electrons. The van der Waals surface area contributed by atoms with Crippen LogP contribution in [0.15, 0.2) is 18.2 Å². The number of hydrogen-bond acceptors (Lipinski definition) is 4. The fourth-order valence-electron chi connectivity index (χ4n) is 3.07. The Labute approximate surface area is 149 Å². The van der Waals surface area contributed by atoms with Gasteiger partial charge in [-0.1, -0.05) is 30.6 Å². The van der Waals surface area contributed by atoms with Gasteiger partial charge < -0.3 is 10.6 Å². The first kappa shape index (κ1) is 17.8. The Kier molecular flexibility index (Phi) is 5.63. The zero-order valence-electron chi connectivity index (χ0n) is 14.1. The summed E-state index contributed by atoms with van der Waals surface area (Å²) in [6, 6.07) is 3.64. The van der Waals surface area contributed by atoms with Gasteiger partial charge in [0, 0.05) is 18.7 Å². The Hall–Kier alpha value is -2.02. The Balaban J connectivity index is 1.61. The normalized spacial score (nSPS) is 15.2. The summed E-state index contributed by atoms with van der Waals surface area (Å²) in [6.07, 6.45) is 5.99. The van der Waals surface area contributed by atoms with E-state index in [1.54, 1.807) is 6.92 Å². The molecule has 0 atom stereocenters. The van der Waals surface area contributed by atoms with Crippen LogP contribution in [0.25, 0.3) is 0 Å². The first-order valence-electron chi connectivity index (χ1n) is 8.48. The Morgan fingerprint density at radius 3 is 2.56 bits per heavy atom. The van der Waals surface area contributed by atoms with E-state index in [1.807, 2.05) is 0 Å². The van der Waals surface area contributed by atoms with E-state index in [1.165, 1.54) is 42.7 Å². The van der Waals surface area contributed by atoms with E-state index in [0.29, 0.717) is 22.2 Å². The molecule has 134 valence electrons. The van der Waals surface area contributed by atoms with Crippen molar-refractivity contribution >= 4 is 22.4 Å². The number of aromatic nitrogens is 1. The van der Waals surface area contributed by atoms with Gasteiger partial charge in [0.1, 0.15) is 16.5 Å². The number of nitrogens with one attached hydrogen (secondary N) is 2. The van der Waals surface area contributed by atoms with E-state index >= 15 is 0 Å². The van der Waals surface area contributed by atoms with Crippen molar-refractivity contribution in [3.8, 4) is 0 Å². The molecule has 7 heteroatoms.